The van der Waals surface area contributed by atoms with Crippen LogP contribution in [0.3, 0.4) is 0 Å². The predicted molar refractivity (Wildman–Crippen MR) is 150 cm³/mol. The van der Waals surface area contributed by atoms with Gasteiger partial charge in [0.05, 0.1) is 0 Å². The number of ether oxygens (including phenoxy) is 1. The minimum Gasteiger partial charge on any atom is -0.436 e. The summed E-state index contributed by atoms with van der Waals surface area (Å²) in [6.45, 7) is 3.96. The molecule has 186 valence electrons. The summed E-state index contributed by atoms with van der Waals surface area (Å²) in [7, 11) is 0. The molecule has 1 amide bonds. The number of nitrogens with one attached hydrogen (secondary N) is 1. The van der Waals surface area contributed by atoms with Gasteiger partial charge in [0.25, 0.3) is 0 Å². The van der Waals surface area contributed by atoms with Gasteiger partial charge in [-0.25, -0.2) is 4.79 Å². The summed E-state index contributed by atoms with van der Waals surface area (Å²) in [6, 6.07) is 25.7. The number of unbranched alkanes of at least 4 members (excludes halogenated alkanes) is 1. The predicted octanol–water partition coefficient (Wildman–Crippen LogP) is 6.92. The second kappa shape index (κ2) is 11.7. The SMILES string of the molecule is CC#CCCC#CCOC(=O)Nc1cc2c3c(c1)C(c1ccccc1)CCN3CCC2c1ccccc1. The van der Waals surface area contributed by atoms with Crippen molar-refractivity contribution in [1.29, 1.82) is 0 Å². The van der Waals surface area contributed by atoms with Crippen LogP contribution in [0.15, 0.2) is 72.8 Å². The summed E-state index contributed by atoms with van der Waals surface area (Å²) in [5, 5.41) is 2.99. The van der Waals surface area contributed by atoms with Crippen molar-refractivity contribution < 1.29 is 9.53 Å². The molecule has 0 saturated carbocycles. The summed E-state index contributed by atoms with van der Waals surface area (Å²) in [6.07, 6.45) is 3.04. The molecule has 2 aliphatic rings. The van der Waals surface area contributed by atoms with Crippen molar-refractivity contribution in [3.8, 4) is 23.7 Å². The Hall–Kier alpha value is -4.15. The molecular formula is C33H32N2O2. The molecule has 4 nitrogen and oxygen atoms in total. The fourth-order valence-electron chi connectivity index (χ4n) is 5.57. The van der Waals surface area contributed by atoms with Crippen LogP contribution in [-0.4, -0.2) is 25.8 Å². The fourth-order valence-corrected chi connectivity index (χ4v) is 5.57. The van der Waals surface area contributed by atoms with Gasteiger partial charge in [0, 0.05) is 49.1 Å². The van der Waals surface area contributed by atoms with Gasteiger partial charge in [-0.1, -0.05) is 72.5 Å². The maximum Gasteiger partial charge on any atom is 0.412 e. The Morgan fingerprint density at radius 1 is 0.865 bits per heavy atom. The summed E-state index contributed by atoms with van der Waals surface area (Å²) >= 11 is 0. The minimum absolute atomic E-state index is 0.0657. The van der Waals surface area contributed by atoms with Crippen LogP contribution in [0.25, 0.3) is 0 Å². The van der Waals surface area contributed by atoms with E-state index in [0.29, 0.717) is 6.42 Å². The maximum absolute atomic E-state index is 12.7. The first-order valence-corrected chi connectivity index (χ1v) is 13.1. The van der Waals surface area contributed by atoms with Gasteiger partial charge in [-0.3, -0.25) is 5.32 Å². The molecule has 0 aromatic heterocycles. The molecule has 2 aliphatic heterocycles. The molecule has 0 fully saturated rings. The number of benzene rings is 3. The van der Waals surface area contributed by atoms with Crippen LogP contribution in [0.2, 0.25) is 0 Å². The first-order valence-electron chi connectivity index (χ1n) is 13.1. The molecule has 2 atom stereocenters. The summed E-state index contributed by atoms with van der Waals surface area (Å²) in [5.74, 6) is 12.3. The van der Waals surface area contributed by atoms with E-state index >= 15 is 0 Å². The molecule has 1 N–H and O–H groups in total. The molecule has 0 radical (unpaired) electrons. The Balaban J connectivity index is 1.45. The molecule has 5 rings (SSSR count). The van der Waals surface area contributed by atoms with Crippen molar-refractivity contribution in [2.24, 2.45) is 0 Å². The van der Waals surface area contributed by atoms with Gasteiger partial charge in [-0.05, 0) is 54.2 Å². The fraction of sp³-hybridized carbons (Fsp3) is 0.303. The van der Waals surface area contributed by atoms with E-state index in [2.05, 4.69) is 107 Å². The average molecular weight is 489 g/mol. The van der Waals surface area contributed by atoms with E-state index in [0.717, 1.165) is 38.0 Å². The van der Waals surface area contributed by atoms with Gasteiger partial charge >= 0.3 is 6.09 Å². The zero-order valence-corrected chi connectivity index (χ0v) is 21.3. The van der Waals surface area contributed by atoms with Gasteiger partial charge in [-0.15, -0.1) is 11.8 Å². The van der Waals surface area contributed by atoms with Crippen molar-refractivity contribution in [3.63, 3.8) is 0 Å². The normalized spacial score (nSPS) is 17.4. The minimum atomic E-state index is -0.481. The number of rotatable bonds is 5. The average Bonchev–Trinajstić information content (AvgIpc) is 2.94. The van der Waals surface area contributed by atoms with E-state index in [9.17, 15) is 4.79 Å². The summed E-state index contributed by atoms with van der Waals surface area (Å²) in [5.41, 5.74) is 7.30. The highest BCUT2D eigenvalue weighted by Gasteiger charge is 2.35. The Morgan fingerprint density at radius 2 is 1.43 bits per heavy atom. The highest BCUT2D eigenvalue weighted by molar-refractivity contribution is 5.86. The first kappa shape index (κ1) is 24.5. The zero-order chi connectivity index (χ0) is 25.5. The van der Waals surface area contributed by atoms with Crippen LogP contribution in [0, 0.1) is 23.7 Å². The standard InChI is InChI=1S/C33H32N2O2/c1-2-3-4-5-6-13-22-37-33(36)34-27-23-30-28(25-14-9-7-10-15-25)18-20-35-21-19-29(31(24-27)32(30)35)26-16-11-8-12-17-26/h7-12,14-17,23-24,28-29H,4-5,18-22H2,1H3,(H,34,36). The zero-order valence-electron chi connectivity index (χ0n) is 21.3. The quantitative estimate of drug-likeness (QED) is 0.313. The summed E-state index contributed by atoms with van der Waals surface area (Å²) in [4.78, 5) is 15.2. The third-order valence-electron chi connectivity index (χ3n) is 7.21. The number of carbonyl (C=O) groups is 1. The smallest absolute Gasteiger partial charge is 0.412 e. The molecule has 0 bridgehead atoms. The lowest BCUT2D eigenvalue weighted by Crippen LogP contribution is -2.37. The van der Waals surface area contributed by atoms with E-state index in [4.69, 9.17) is 4.74 Å². The highest BCUT2D eigenvalue weighted by Crippen LogP contribution is 2.49. The van der Waals surface area contributed by atoms with Gasteiger partial charge in [0.1, 0.15) is 0 Å². The van der Waals surface area contributed by atoms with Gasteiger partial charge < -0.3 is 9.64 Å². The number of hydrogen-bond donors (Lipinski definition) is 1. The van der Waals surface area contributed by atoms with Crippen LogP contribution in [0.1, 0.15) is 66.7 Å². The van der Waals surface area contributed by atoms with E-state index in [1.807, 2.05) is 6.92 Å². The van der Waals surface area contributed by atoms with Crippen LogP contribution >= 0.6 is 0 Å². The first-order chi connectivity index (χ1) is 18.2. The number of anilines is 2. The van der Waals surface area contributed by atoms with E-state index in [1.165, 1.54) is 27.9 Å². The Labute approximate surface area is 220 Å². The molecule has 2 heterocycles. The second-order valence-electron chi connectivity index (χ2n) is 9.48. The van der Waals surface area contributed by atoms with Gasteiger partial charge in [0.15, 0.2) is 6.61 Å². The number of hydrogen-bond acceptors (Lipinski definition) is 3. The molecule has 3 aromatic rings. The van der Waals surface area contributed by atoms with Crippen molar-refractivity contribution in [3.05, 3.63) is 95.1 Å². The van der Waals surface area contributed by atoms with Crippen LogP contribution in [0.5, 0.6) is 0 Å². The van der Waals surface area contributed by atoms with Crippen LogP contribution in [-0.2, 0) is 4.74 Å². The molecule has 37 heavy (non-hydrogen) atoms. The van der Waals surface area contributed by atoms with Gasteiger partial charge in [-0.2, -0.15) is 0 Å². The largest absolute Gasteiger partial charge is 0.436 e. The molecule has 3 aromatic carbocycles. The van der Waals surface area contributed by atoms with Crippen LogP contribution in [0.4, 0.5) is 16.2 Å². The molecule has 4 heteroatoms. The van der Waals surface area contributed by atoms with Crippen molar-refractivity contribution in [2.75, 3.05) is 29.9 Å². The summed E-state index contributed by atoms with van der Waals surface area (Å²) < 4.78 is 5.36. The second-order valence-corrected chi connectivity index (χ2v) is 9.48. The Morgan fingerprint density at radius 3 is 2.00 bits per heavy atom. The van der Waals surface area contributed by atoms with Crippen LogP contribution < -0.4 is 10.2 Å². The van der Waals surface area contributed by atoms with Crippen molar-refractivity contribution >= 4 is 17.5 Å². The lowest BCUT2D eigenvalue weighted by molar-refractivity contribution is 0.176. The van der Waals surface area contributed by atoms with Crippen molar-refractivity contribution in [2.45, 2.75) is 44.4 Å². The third-order valence-corrected chi connectivity index (χ3v) is 7.21. The van der Waals surface area contributed by atoms with E-state index in [-0.39, 0.29) is 18.4 Å². The number of carbonyl (C=O) groups excluding carboxylic acids is 1. The number of amides is 1. The highest BCUT2D eigenvalue weighted by atomic mass is 16.5. The van der Waals surface area contributed by atoms with Gasteiger partial charge in [0.2, 0.25) is 0 Å². The number of nitrogens with zero attached hydrogens (tertiary/aromatic N) is 1. The van der Waals surface area contributed by atoms with E-state index < -0.39 is 6.09 Å². The molecule has 2 unspecified atom stereocenters. The van der Waals surface area contributed by atoms with Crippen molar-refractivity contribution in [1.82, 2.24) is 0 Å². The lowest BCUT2D eigenvalue weighted by Gasteiger charge is -2.43. The topological polar surface area (TPSA) is 41.6 Å². The Bertz CT molecular complexity index is 1290. The maximum atomic E-state index is 12.7. The van der Waals surface area contributed by atoms with E-state index in [1.54, 1.807) is 0 Å². The third kappa shape index (κ3) is 5.65. The molecular weight excluding hydrogens is 456 g/mol. The lowest BCUT2D eigenvalue weighted by atomic mass is 9.76. The molecule has 0 saturated heterocycles. The molecule has 0 aliphatic carbocycles. The molecule has 0 spiro atoms. The Kier molecular flexibility index (Phi) is 7.78. The monoisotopic (exact) mass is 488 g/mol.